The maximum absolute atomic E-state index is 5.37. The Balaban J connectivity index is 0.952. The molecule has 4 aliphatic rings. The predicted molar refractivity (Wildman–Crippen MR) is 247 cm³/mol. The van der Waals surface area contributed by atoms with Crippen molar-refractivity contribution < 1.29 is 0 Å². The highest BCUT2D eigenvalue weighted by molar-refractivity contribution is 6.12. The van der Waals surface area contributed by atoms with Crippen LogP contribution in [0.3, 0.4) is 0 Å². The van der Waals surface area contributed by atoms with Crippen LogP contribution in [0.5, 0.6) is 0 Å². The minimum Gasteiger partial charge on any atom is -0.310 e. The second kappa shape index (κ2) is 13.6. The van der Waals surface area contributed by atoms with E-state index in [0.29, 0.717) is 6.54 Å². The van der Waals surface area contributed by atoms with Crippen molar-refractivity contribution in [2.45, 2.75) is 23.5 Å². The molecule has 2 aliphatic carbocycles. The molecule has 8 aromatic rings. The highest BCUT2D eigenvalue weighted by Crippen LogP contribution is 2.63. The second-order valence-corrected chi connectivity index (χ2v) is 16.3. The Kier molecular flexibility index (Phi) is 7.88. The molecule has 0 radical (unpaired) electrons. The molecular formula is C57H41N3. The zero-order valence-corrected chi connectivity index (χ0v) is 33.0. The molecule has 1 fully saturated rings. The molecule has 2 atom stereocenters. The first kappa shape index (κ1) is 34.7. The van der Waals surface area contributed by atoms with E-state index in [2.05, 4.69) is 235 Å². The van der Waals surface area contributed by atoms with Crippen molar-refractivity contribution in [3.8, 4) is 33.4 Å². The number of para-hydroxylation sites is 3. The Labute approximate surface area is 351 Å². The van der Waals surface area contributed by atoms with Gasteiger partial charge in [-0.25, -0.2) is 0 Å². The van der Waals surface area contributed by atoms with Crippen molar-refractivity contribution in [2.24, 2.45) is 4.99 Å². The molecule has 1 spiro atoms. The fourth-order valence-electron chi connectivity index (χ4n) is 10.3. The molecule has 2 heterocycles. The SMILES string of the molecule is C1=CC2NC2(C(=NCc2ccc(-c3ccccc3)cc2)c2ccc(-c3ccc4c(c3)C3(c5ccccc5-4)c4ccccc4N(c4ccccc4)c4ccccc43)cc2)C=C1. The number of aliphatic imine (C=N–C) groups is 1. The van der Waals surface area contributed by atoms with Gasteiger partial charge in [0.15, 0.2) is 0 Å². The molecule has 3 nitrogen and oxygen atoms in total. The summed E-state index contributed by atoms with van der Waals surface area (Å²) in [6, 6.07) is 73.7. The molecule has 12 rings (SSSR count). The first-order valence-corrected chi connectivity index (χ1v) is 20.9. The number of hydrogen-bond donors (Lipinski definition) is 1. The lowest BCUT2D eigenvalue weighted by molar-refractivity contribution is 0.753. The van der Waals surface area contributed by atoms with Gasteiger partial charge in [-0.2, -0.15) is 0 Å². The monoisotopic (exact) mass is 767 g/mol. The van der Waals surface area contributed by atoms with E-state index in [4.69, 9.17) is 4.99 Å². The van der Waals surface area contributed by atoms with Gasteiger partial charge in [0.2, 0.25) is 0 Å². The lowest BCUT2D eigenvalue weighted by Gasteiger charge is -2.45. The second-order valence-electron chi connectivity index (χ2n) is 16.3. The number of nitrogens with one attached hydrogen (secondary N) is 1. The molecule has 2 aliphatic heterocycles. The summed E-state index contributed by atoms with van der Waals surface area (Å²) in [5.74, 6) is 0. The van der Waals surface area contributed by atoms with Crippen molar-refractivity contribution in [3.63, 3.8) is 0 Å². The third-order valence-corrected chi connectivity index (χ3v) is 13.1. The first-order chi connectivity index (χ1) is 29.7. The van der Waals surface area contributed by atoms with Crippen LogP contribution in [-0.2, 0) is 12.0 Å². The summed E-state index contributed by atoms with van der Waals surface area (Å²) in [5.41, 5.74) is 18.8. The summed E-state index contributed by atoms with van der Waals surface area (Å²) in [4.78, 5) is 7.81. The largest absolute Gasteiger partial charge is 0.310 e. The minimum atomic E-state index is -0.494. The number of rotatable bonds is 7. The van der Waals surface area contributed by atoms with Crippen LogP contribution in [0.25, 0.3) is 33.4 Å². The molecule has 284 valence electrons. The van der Waals surface area contributed by atoms with Gasteiger partial charge in [0.1, 0.15) is 0 Å². The number of fused-ring (bicyclic) bond motifs is 10. The van der Waals surface area contributed by atoms with E-state index in [0.717, 1.165) is 17.0 Å². The van der Waals surface area contributed by atoms with Crippen molar-refractivity contribution in [1.29, 1.82) is 0 Å². The van der Waals surface area contributed by atoms with Gasteiger partial charge < -0.3 is 4.90 Å². The van der Waals surface area contributed by atoms with Crippen LogP contribution in [0.4, 0.5) is 17.1 Å². The Morgan fingerprint density at radius 1 is 0.500 bits per heavy atom. The van der Waals surface area contributed by atoms with Crippen molar-refractivity contribution in [1.82, 2.24) is 5.32 Å². The average molecular weight is 768 g/mol. The van der Waals surface area contributed by atoms with E-state index in [1.54, 1.807) is 0 Å². The topological polar surface area (TPSA) is 37.5 Å². The summed E-state index contributed by atoms with van der Waals surface area (Å²) < 4.78 is 0. The fourth-order valence-corrected chi connectivity index (χ4v) is 10.3. The molecular weight excluding hydrogens is 727 g/mol. The summed E-state index contributed by atoms with van der Waals surface area (Å²) in [6.07, 6.45) is 8.80. The van der Waals surface area contributed by atoms with Gasteiger partial charge in [-0.1, -0.05) is 194 Å². The highest BCUT2D eigenvalue weighted by Gasteiger charge is 2.55. The molecule has 1 saturated heterocycles. The summed E-state index contributed by atoms with van der Waals surface area (Å²) in [6.45, 7) is 0.609. The van der Waals surface area contributed by atoms with Gasteiger partial charge in [-0.05, 0) is 97.1 Å². The summed E-state index contributed by atoms with van der Waals surface area (Å²) in [5, 5.41) is 3.75. The quantitative estimate of drug-likeness (QED) is 0.130. The van der Waals surface area contributed by atoms with Crippen LogP contribution in [0.1, 0.15) is 33.4 Å². The zero-order valence-electron chi connectivity index (χ0n) is 33.0. The molecule has 2 unspecified atom stereocenters. The van der Waals surface area contributed by atoms with Gasteiger partial charge >= 0.3 is 0 Å². The molecule has 0 saturated carbocycles. The van der Waals surface area contributed by atoms with E-state index in [1.165, 1.54) is 72.6 Å². The number of nitrogens with zero attached hydrogens (tertiary/aromatic N) is 2. The Morgan fingerprint density at radius 3 is 1.78 bits per heavy atom. The number of hydrogen-bond acceptors (Lipinski definition) is 3. The molecule has 0 aromatic heterocycles. The van der Waals surface area contributed by atoms with Gasteiger partial charge in [0.25, 0.3) is 0 Å². The lowest BCUT2D eigenvalue weighted by atomic mass is 9.64. The fraction of sp³-hybridized carbons (Fsp3) is 0.0702. The maximum atomic E-state index is 5.37. The Morgan fingerprint density at radius 2 is 1.07 bits per heavy atom. The van der Waals surface area contributed by atoms with Gasteiger partial charge in [-0.3, -0.25) is 10.3 Å². The number of anilines is 3. The average Bonchev–Trinajstić information content (AvgIpc) is 4.00. The number of benzene rings is 8. The van der Waals surface area contributed by atoms with Crippen LogP contribution in [0.15, 0.2) is 229 Å². The lowest BCUT2D eigenvalue weighted by Crippen LogP contribution is -2.36. The third kappa shape index (κ3) is 5.23. The molecule has 8 aromatic carbocycles. The van der Waals surface area contributed by atoms with Crippen LogP contribution in [0.2, 0.25) is 0 Å². The van der Waals surface area contributed by atoms with E-state index >= 15 is 0 Å². The van der Waals surface area contributed by atoms with Crippen LogP contribution < -0.4 is 10.2 Å². The molecule has 0 amide bonds. The van der Waals surface area contributed by atoms with Gasteiger partial charge in [0, 0.05) is 5.69 Å². The number of allylic oxidation sites excluding steroid dienone is 2. The molecule has 3 heteroatoms. The molecule has 1 N–H and O–H groups in total. The first-order valence-electron chi connectivity index (χ1n) is 20.9. The third-order valence-electron chi connectivity index (χ3n) is 13.1. The summed E-state index contributed by atoms with van der Waals surface area (Å²) >= 11 is 0. The standard InChI is InChI=1S/C57H41N3/c1-3-15-40(16-4-1)41-28-26-39(27-29-41)38-58-55(56-36-14-13-25-54(56)59-56)43-32-30-42(31-33-43)44-34-35-47-46-19-7-8-20-48(46)57(51(47)37-44)49-21-9-11-23-52(49)60(45-17-5-2-6-18-45)53-24-12-10-22-50(53)57/h1-37,54,59H,38H2. The van der Waals surface area contributed by atoms with Gasteiger partial charge in [0.05, 0.1) is 40.6 Å². The zero-order chi connectivity index (χ0) is 39.7. The Bertz CT molecular complexity index is 2990. The van der Waals surface area contributed by atoms with Crippen LogP contribution >= 0.6 is 0 Å². The molecule has 60 heavy (non-hydrogen) atoms. The minimum absolute atomic E-state index is 0.245. The summed E-state index contributed by atoms with van der Waals surface area (Å²) in [7, 11) is 0. The van der Waals surface area contributed by atoms with Crippen molar-refractivity contribution in [2.75, 3.05) is 4.90 Å². The van der Waals surface area contributed by atoms with Crippen molar-refractivity contribution in [3.05, 3.63) is 258 Å². The predicted octanol–water partition coefficient (Wildman–Crippen LogP) is 13.0. The maximum Gasteiger partial charge on any atom is 0.0995 e. The normalized spacial score (nSPS) is 18.6. The highest BCUT2D eigenvalue weighted by atomic mass is 15.2. The van der Waals surface area contributed by atoms with E-state index in [-0.39, 0.29) is 11.6 Å². The van der Waals surface area contributed by atoms with Gasteiger partial charge in [-0.15, -0.1) is 0 Å². The van der Waals surface area contributed by atoms with E-state index < -0.39 is 5.41 Å². The van der Waals surface area contributed by atoms with Crippen LogP contribution in [-0.4, -0.2) is 17.3 Å². The van der Waals surface area contributed by atoms with Crippen LogP contribution in [0, 0.1) is 0 Å². The van der Waals surface area contributed by atoms with Crippen molar-refractivity contribution >= 4 is 22.8 Å². The van der Waals surface area contributed by atoms with E-state index in [9.17, 15) is 0 Å². The smallest absolute Gasteiger partial charge is 0.0995 e. The Hall–Kier alpha value is -7.33. The molecule has 0 bridgehead atoms. The van der Waals surface area contributed by atoms with E-state index in [1.807, 2.05) is 0 Å².